The van der Waals surface area contributed by atoms with Gasteiger partial charge in [-0.25, -0.2) is 4.37 Å². The Hall–Kier alpha value is -1.37. The predicted octanol–water partition coefficient (Wildman–Crippen LogP) is 2.61. The Bertz CT molecular complexity index is 389. The normalized spacial score (nSPS) is 13.2. The lowest BCUT2D eigenvalue weighted by molar-refractivity contribution is -0.185. The number of hydrogen-bond donors (Lipinski definition) is 0. The summed E-state index contributed by atoms with van der Waals surface area (Å²) in [6.45, 7) is 4.03. The summed E-state index contributed by atoms with van der Waals surface area (Å²) in [5.74, 6) is -0.749. The van der Waals surface area contributed by atoms with Crippen LogP contribution in [0.3, 0.4) is 0 Å². The van der Waals surface area contributed by atoms with Gasteiger partial charge in [-0.15, -0.1) is 0 Å². The van der Waals surface area contributed by atoms with E-state index in [1.807, 2.05) is 0 Å². The molecule has 1 rings (SSSR count). The van der Waals surface area contributed by atoms with Gasteiger partial charge in [0.05, 0.1) is 0 Å². The van der Waals surface area contributed by atoms with E-state index in [0.29, 0.717) is 5.56 Å². The van der Waals surface area contributed by atoms with Gasteiger partial charge in [0.2, 0.25) is 5.91 Å². The summed E-state index contributed by atoms with van der Waals surface area (Å²) < 4.78 is 41.5. The molecule has 1 heterocycles. The smallest absolute Gasteiger partial charge is 0.323 e. The van der Waals surface area contributed by atoms with Crippen molar-refractivity contribution in [3.05, 3.63) is 29.8 Å². The third kappa shape index (κ3) is 3.55. The molecule has 1 atom stereocenters. The van der Waals surface area contributed by atoms with E-state index in [0.717, 1.165) is 29.4 Å². The second-order valence-electron chi connectivity index (χ2n) is 3.42. The second-order valence-corrected chi connectivity index (χ2v) is 4.08. The van der Waals surface area contributed by atoms with Gasteiger partial charge in [-0.05, 0) is 24.5 Å². The molecule has 0 unspecified atom stereocenters. The Balaban J connectivity index is 2.88. The first kappa shape index (κ1) is 13.7. The monoisotopic (exact) mass is 264 g/mol. The van der Waals surface area contributed by atoms with E-state index in [1.165, 1.54) is 6.20 Å². The summed E-state index contributed by atoms with van der Waals surface area (Å²) in [7, 11) is 0. The highest BCUT2D eigenvalue weighted by atomic mass is 32.1. The molecule has 7 heteroatoms. The standard InChI is InChI=1S/C10H11F3N2OS/c1-3-9(16)15(7(2)10(11,12)13)5-8-4-14-17-6-8/h3-4,6-7H,1,5H2,2H3/t7-/m1/s1. The molecule has 0 N–H and O–H groups in total. The van der Waals surface area contributed by atoms with Crippen LogP contribution in [0.25, 0.3) is 0 Å². The number of hydrogen-bond acceptors (Lipinski definition) is 3. The van der Waals surface area contributed by atoms with Crippen LogP contribution in [0.5, 0.6) is 0 Å². The zero-order valence-electron chi connectivity index (χ0n) is 9.07. The van der Waals surface area contributed by atoms with E-state index >= 15 is 0 Å². The molecule has 0 radical (unpaired) electrons. The number of carbonyl (C=O) groups excluding carboxylic acids is 1. The van der Waals surface area contributed by atoms with Gasteiger partial charge in [-0.2, -0.15) is 13.2 Å². The number of alkyl halides is 3. The van der Waals surface area contributed by atoms with Crippen molar-refractivity contribution in [3.8, 4) is 0 Å². The molecule has 0 aliphatic carbocycles. The number of halogens is 3. The molecule has 1 aromatic heterocycles. The molecule has 1 aromatic rings. The molecule has 0 aliphatic rings. The van der Waals surface area contributed by atoms with Gasteiger partial charge in [0, 0.05) is 23.7 Å². The topological polar surface area (TPSA) is 33.2 Å². The van der Waals surface area contributed by atoms with Crippen LogP contribution < -0.4 is 0 Å². The Morgan fingerprint density at radius 3 is 2.76 bits per heavy atom. The minimum atomic E-state index is -4.46. The molecule has 0 fully saturated rings. The first-order chi connectivity index (χ1) is 7.86. The van der Waals surface area contributed by atoms with Crippen molar-refractivity contribution in [2.45, 2.75) is 25.7 Å². The van der Waals surface area contributed by atoms with Crippen LogP contribution in [0.2, 0.25) is 0 Å². The lowest BCUT2D eigenvalue weighted by atomic mass is 10.2. The minimum Gasteiger partial charge on any atom is -0.323 e. The molecule has 0 aromatic carbocycles. The highest BCUT2D eigenvalue weighted by molar-refractivity contribution is 7.03. The van der Waals surface area contributed by atoms with Crippen molar-refractivity contribution in [2.75, 3.05) is 0 Å². The van der Waals surface area contributed by atoms with Crippen molar-refractivity contribution >= 4 is 17.4 Å². The molecule has 0 aliphatic heterocycles. The molecule has 1 amide bonds. The number of aromatic nitrogens is 1. The zero-order chi connectivity index (χ0) is 13.1. The van der Waals surface area contributed by atoms with E-state index < -0.39 is 18.1 Å². The molecule has 3 nitrogen and oxygen atoms in total. The second kappa shape index (κ2) is 5.31. The molecule has 0 saturated carbocycles. The maximum absolute atomic E-state index is 12.6. The molecule has 17 heavy (non-hydrogen) atoms. The first-order valence-corrected chi connectivity index (χ1v) is 5.58. The number of rotatable bonds is 4. The number of carbonyl (C=O) groups is 1. The van der Waals surface area contributed by atoms with E-state index in [9.17, 15) is 18.0 Å². The van der Waals surface area contributed by atoms with Crippen LogP contribution in [0.1, 0.15) is 12.5 Å². The lowest BCUT2D eigenvalue weighted by Gasteiger charge is -2.29. The quantitative estimate of drug-likeness (QED) is 0.783. The van der Waals surface area contributed by atoms with Crippen LogP contribution in [-0.4, -0.2) is 27.4 Å². The maximum Gasteiger partial charge on any atom is 0.408 e. The average molecular weight is 264 g/mol. The van der Waals surface area contributed by atoms with Crippen LogP contribution in [0.4, 0.5) is 13.2 Å². The van der Waals surface area contributed by atoms with Crippen LogP contribution in [0.15, 0.2) is 24.2 Å². The van der Waals surface area contributed by atoms with Crippen molar-refractivity contribution in [1.82, 2.24) is 9.27 Å². The third-order valence-electron chi connectivity index (χ3n) is 2.24. The van der Waals surface area contributed by atoms with E-state index in [2.05, 4.69) is 11.0 Å². The summed E-state index contributed by atoms with van der Waals surface area (Å²) in [5.41, 5.74) is 0.571. The average Bonchev–Trinajstić information content (AvgIpc) is 2.75. The van der Waals surface area contributed by atoms with Gasteiger partial charge in [-0.1, -0.05) is 6.58 Å². The van der Waals surface area contributed by atoms with Gasteiger partial charge in [0.25, 0.3) is 0 Å². The molecule has 0 spiro atoms. The summed E-state index contributed by atoms with van der Waals surface area (Å²) >= 11 is 1.13. The Kier molecular flexibility index (Phi) is 4.28. The third-order valence-corrected chi connectivity index (χ3v) is 2.87. The lowest BCUT2D eigenvalue weighted by Crippen LogP contribution is -2.45. The molecular weight excluding hydrogens is 253 g/mol. The summed E-state index contributed by atoms with van der Waals surface area (Å²) in [4.78, 5) is 12.1. The Labute approximate surface area is 101 Å². The molecular formula is C10H11F3N2OS. The Morgan fingerprint density at radius 2 is 2.35 bits per heavy atom. The van der Waals surface area contributed by atoms with Gasteiger partial charge in [-0.3, -0.25) is 4.79 Å². The van der Waals surface area contributed by atoms with Crippen molar-refractivity contribution < 1.29 is 18.0 Å². The van der Waals surface area contributed by atoms with Gasteiger partial charge >= 0.3 is 6.18 Å². The van der Waals surface area contributed by atoms with Crippen molar-refractivity contribution in [3.63, 3.8) is 0 Å². The minimum absolute atomic E-state index is 0.123. The number of amides is 1. The van der Waals surface area contributed by atoms with Crippen molar-refractivity contribution in [2.24, 2.45) is 0 Å². The SMILES string of the molecule is C=CC(=O)N(Cc1cnsc1)[C@H](C)C(F)(F)F. The predicted molar refractivity (Wildman–Crippen MR) is 58.4 cm³/mol. The van der Waals surface area contributed by atoms with E-state index in [4.69, 9.17) is 0 Å². The fourth-order valence-corrected chi connectivity index (χ4v) is 1.73. The molecule has 94 valence electrons. The fourth-order valence-electron chi connectivity index (χ4n) is 1.20. The Morgan fingerprint density at radius 1 is 1.71 bits per heavy atom. The van der Waals surface area contributed by atoms with E-state index in [-0.39, 0.29) is 6.54 Å². The maximum atomic E-state index is 12.6. The highest BCUT2D eigenvalue weighted by Gasteiger charge is 2.41. The van der Waals surface area contributed by atoms with Crippen molar-refractivity contribution in [1.29, 1.82) is 0 Å². The molecule has 0 saturated heterocycles. The van der Waals surface area contributed by atoms with Crippen LogP contribution >= 0.6 is 11.5 Å². The molecule has 0 bridgehead atoms. The largest absolute Gasteiger partial charge is 0.408 e. The van der Waals surface area contributed by atoms with Gasteiger partial charge < -0.3 is 4.90 Å². The van der Waals surface area contributed by atoms with Gasteiger partial charge in [0.15, 0.2) is 0 Å². The first-order valence-electron chi connectivity index (χ1n) is 4.74. The van der Waals surface area contributed by atoms with Crippen LogP contribution in [0, 0.1) is 0 Å². The fraction of sp³-hybridized carbons (Fsp3) is 0.400. The van der Waals surface area contributed by atoms with E-state index in [1.54, 1.807) is 5.38 Å². The summed E-state index contributed by atoms with van der Waals surface area (Å²) in [6, 6.07) is -1.85. The van der Waals surface area contributed by atoms with Crippen LogP contribution in [-0.2, 0) is 11.3 Å². The summed E-state index contributed by atoms with van der Waals surface area (Å²) in [5, 5.41) is 1.60. The highest BCUT2D eigenvalue weighted by Crippen LogP contribution is 2.26. The zero-order valence-corrected chi connectivity index (χ0v) is 9.88. The summed E-state index contributed by atoms with van der Waals surface area (Å²) in [6.07, 6.45) is -2.14. The number of nitrogens with zero attached hydrogens (tertiary/aromatic N) is 2. The van der Waals surface area contributed by atoms with Gasteiger partial charge in [0.1, 0.15) is 6.04 Å².